The van der Waals surface area contributed by atoms with Crippen molar-refractivity contribution in [2.75, 3.05) is 6.61 Å². The summed E-state index contributed by atoms with van der Waals surface area (Å²) in [6.45, 7) is 4.60. The number of aliphatic hydroxyl groups is 2. The van der Waals surface area contributed by atoms with Crippen LogP contribution in [0, 0.1) is 17.8 Å². The lowest BCUT2D eigenvalue weighted by molar-refractivity contribution is -0.184. The molecule has 1 aliphatic carbocycles. The zero-order valence-electron chi connectivity index (χ0n) is 9.56. The van der Waals surface area contributed by atoms with Crippen molar-refractivity contribution < 1.29 is 24.5 Å². The molecule has 2 fully saturated rings. The van der Waals surface area contributed by atoms with Crippen LogP contribution in [0.3, 0.4) is 0 Å². The topological polar surface area (TPSA) is 83.8 Å². The number of carbonyl (C=O) groups excluding carboxylic acids is 2. The summed E-state index contributed by atoms with van der Waals surface area (Å²) < 4.78 is 4.80. The van der Waals surface area contributed by atoms with E-state index in [0.717, 1.165) is 0 Å². The van der Waals surface area contributed by atoms with Crippen LogP contribution in [-0.2, 0) is 14.3 Å². The minimum Gasteiger partial charge on any atom is -0.465 e. The lowest BCUT2D eigenvalue weighted by atomic mass is 9.73. The highest BCUT2D eigenvalue weighted by atomic mass is 16.5. The Morgan fingerprint density at radius 2 is 1.94 bits per heavy atom. The van der Waals surface area contributed by atoms with Gasteiger partial charge in [0.15, 0.2) is 5.78 Å². The zero-order chi connectivity index (χ0) is 12.3. The number of hydrogen-bond acceptors (Lipinski definition) is 5. The Labute approximate surface area is 93.4 Å². The summed E-state index contributed by atoms with van der Waals surface area (Å²) in [5.74, 6) is -3.15. The van der Waals surface area contributed by atoms with Crippen LogP contribution < -0.4 is 0 Å². The molecule has 2 aliphatic rings. The summed E-state index contributed by atoms with van der Waals surface area (Å²) in [4.78, 5) is 23.5. The van der Waals surface area contributed by atoms with Crippen molar-refractivity contribution in [3.05, 3.63) is 0 Å². The molecule has 1 heterocycles. The first-order valence-electron chi connectivity index (χ1n) is 5.40. The number of ether oxygens (including phenoxy) is 1. The number of ketones is 1. The molecule has 2 N–H and O–H groups in total. The number of Topliss-reactive ketones (excluding diaryl/α,β-unsaturated/α-hetero) is 1. The Morgan fingerprint density at radius 1 is 1.38 bits per heavy atom. The molecule has 5 heteroatoms. The van der Waals surface area contributed by atoms with Gasteiger partial charge in [-0.05, 0) is 12.8 Å². The zero-order valence-corrected chi connectivity index (χ0v) is 9.56. The number of rotatable bonds is 1. The van der Waals surface area contributed by atoms with Gasteiger partial charge < -0.3 is 14.9 Å². The molecule has 0 spiro atoms. The van der Waals surface area contributed by atoms with Crippen LogP contribution in [0.25, 0.3) is 0 Å². The van der Waals surface area contributed by atoms with Crippen LogP contribution in [0.1, 0.15) is 20.8 Å². The second-order valence-corrected chi connectivity index (χ2v) is 5.13. The molecule has 1 saturated heterocycles. The molecule has 16 heavy (non-hydrogen) atoms. The molecule has 1 aliphatic heterocycles. The Morgan fingerprint density at radius 3 is 2.44 bits per heavy atom. The third-order valence-electron chi connectivity index (χ3n) is 4.01. The summed E-state index contributed by atoms with van der Waals surface area (Å²) in [6, 6.07) is 0. The molecule has 0 unspecified atom stereocenters. The summed E-state index contributed by atoms with van der Waals surface area (Å²) in [5.41, 5.74) is -3.61. The highest BCUT2D eigenvalue weighted by Crippen LogP contribution is 2.51. The first kappa shape index (κ1) is 11.5. The largest absolute Gasteiger partial charge is 0.465 e. The lowest BCUT2D eigenvalue weighted by Gasteiger charge is -2.39. The fraction of sp³-hybridized carbons (Fsp3) is 0.818. The van der Waals surface area contributed by atoms with Gasteiger partial charge in [0.1, 0.15) is 23.7 Å². The molecule has 5 nitrogen and oxygen atoms in total. The molecule has 90 valence electrons. The van der Waals surface area contributed by atoms with E-state index in [9.17, 15) is 19.8 Å². The number of fused-ring (bicyclic) bond motifs is 1. The van der Waals surface area contributed by atoms with Crippen molar-refractivity contribution in [2.24, 2.45) is 17.8 Å². The smallest absolute Gasteiger partial charge is 0.312 e. The van der Waals surface area contributed by atoms with E-state index in [-0.39, 0.29) is 6.61 Å². The predicted molar refractivity (Wildman–Crippen MR) is 53.4 cm³/mol. The molecule has 2 rings (SSSR count). The van der Waals surface area contributed by atoms with Gasteiger partial charge >= 0.3 is 5.97 Å². The van der Waals surface area contributed by atoms with Crippen LogP contribution in [0.4, 0.5) is 0 Å². The summed E-state index contributed by atoms with van der Waals surface area (Å²) in [6.07, 6.45) is 0. The third-order valence-corrected chi connectivity index (χ3v) is 4.01. The molecular formula is C11H16O5. The van der Waals surface area contributed by atoms with Crippen LogP contribution in [0.2, 0.25) is 0 Å². The molecule has 0 bridgehead atoms. The van der Waals surface area contributed by atoms with E-state index in [1.54, 1.807) is 13.8 Å². The van der Waals surface area contributed by atoms with E-state index >= 15 is 0 Å². The highest BCUT2D eigenvalue weighted by Gasteiger charge is 2.72. The second-order valence-electron chi connectivity index (χ2n) is 5.13. The van der Waals surface area contributed by atoms with Gasteiger partial charge in [-0.1, -0.05) is 13.8 Å². The summed E-state index contributed by atoms with van der Waals surface area (Å²) >= 11 is 0. The Hall–Kier alpha value is -0.940. The van der Waals surface area contributed by atoms with E-state index < -0.39 is 40.7 Å². The number of cyclic esters (lactones) is 1. The Bertz CT molecular complexity index is 359. The Balaban J connectivity index is 2.56. The van der Waals surface area contributed by atoms with Crippen molar-refractivity contribution >= 4 is 11.8 Å². The minimum absolute atomic E-state index is 0.0342. The number of hydrogen-bond donors (Lipinski definition) is 2. The molecule has 0 aromatic heterocycles. The van der Waals surface area contributed by atoms with Crippen molar-refractivity contribution in [1.29, 1.82) is 0 Å². The molecular weight excluding hydrogens is 212 g/mol. The van der Waals surface area contributed by atoms with E-state index in [2.05, 4.69) is 0 Å². The van der Waals surface area contributed by atoms with Crippen molar-refractivity contribution in [2.45, 2.75) is 32.0 Å². The van der Waals surface area contributed by atoms with Crippen LogP contribution in [0.5, 0.6) is 0 Å². The fourth-order valence-corrected chi connectivity index (χ4v) is 3.02. The van der Waals surface area contributed by atoms with Gasteiger partial charge in [0, 0.05) is 0 Å². The Kier molecular flexibility index (Phi) is 2.20. The maximum Gasteiger partial charge on any atom is 0.312 e. The van der Waals surface area contributed by atoms with Crippen LogP contribution >= 0.6 is 0 Å². The number of esters is 1. The van der Waals surface area contributed by atoms with Gasteiger partial charge in [0.2, 0.25) is 0 Å². The second kappa shape index (κ2) is 3.05. The first-order valence-corrected chi connectivity index (χ1v) is 5.40. The standard InChI is InChI=1S/C11H16O5/c1-5(2)11(15)7-6(4-16-9(7)13)8(12)10(11,3)14/h5-7,14-15H,4H2,1-3H3/t6-,7-,10-,11+/m0/s1. The average molecular weight is 228 g/mol. The van der Waals surface area contributed by atoms with Gasteiger partial charge in [-0.25, -0.2) is 0 Å². The van der Waals surface area contributed by atoms with Crippen LogP contribution in [-0.4, -0.2) is 39.8 Å². The fourth-order valence-electron chi connectivity index (χ4n) is 3.02. The third kappa shape index (κ3) is 1.02. The van der Waals surface area contributed by atoms with E-state index in [0.29, 0.717) is 0 Å². The van der Waals surface area contributed by atoms with Crippen molar-refractivity contribution in [1.82, 2.24) is 0 Å². The van der Waals surface area contributed by atoms with Gasteiger partial charge in [0.25, 0.3) is 0 Å². The van der Waals surface area contributed by atoms with Gasteiger partial charge in [-0.2, -0.15) is 0 Å². The maximum absolute atomic E-state index is 11.9. The van der Waals surface area contributed by atoms with E-state index in [1.807, 2.05) is 0 Å². The number of carbonyl (C=O) groups is 2. The molecule has 0 aromatic carbocycles. The molecule has 4 atom stereocenters. The SMILES string of the molecule is CC(C)[C@@]1(O)[C@@H]2C(=O)OC[C@@H]2C(=O)[C@]1(C)O. The maximum atomic E-state index is 11.9. The predicted octanol–water partition coefficient (Wildman–Crippen LogP) is -0.504. The van der Waals surface area contributed by atoms with E-state index in [1.165, 1.54) is 6.92 Å². The lowest BCUT2D eigenvalue weighted by Crippen LogP contribution is -2.59. The van der Waals surface area contributed by atoms with E-state index in [4.69, 9.17) is 4.74 Å². The van der Waals surface area contributed by atoms with Crippen molar-refractivity contribution in [3.8, 4) is 0 Å². The quantitative estimate of drug-likeness (QED) is 0.591. The molecule has 0 amide bonds. The molecule has 0 aromatic rings. The monoisotopic (exact) mass is 228 g/mol. The molecule has 0 radical (unpaired) electrons. The highest BCUT2D eigenvalue weighted by molar-refractivity contribution is 6.00. The van der Waals surface area contributed by atoms with Gasteiger partial charge in [-0.3, -0.25) is 9.59 Å². The summed E-state index contributed by atoms with van der Waals surface area (Å²) in [7, 11) is 0. The minimum atomic E-state index is -1.88. The van der Waals surface area contributed by atoms with Gasteiger partial charge in [0.05, 0.1) is 5.92 Å². The van der Waals surface area contributed by atoms with Gasteiger partial charge in [-0.15, -0.1) is 0 Å². The summed E-state index contributed by atoms with van der Waals surface area (Å²) in [5, 5.41) is 20.7. The van der Waals surface area contributed by atoms with Crippen LogP contribution in [0.15, 0.2) is 0 Å². The first-order chi connectivity index (χ1) is 7.24. The van der Waals surface area contributed by atoms with Crippen molar-refractivity contribution in [3.63, 3.8) is 0 Å². The average Bonchev–Trinajstić information content (AvgIpc) is 2.62. The molecule has 1 saturated carbocycles. The normalized spacial score (nSPS) is 47.4.